The number of hydrogen-bond acceptors (Lipinski definition) is 6. The van der Waals surface area contributed by atoms with Crippen LogP contribution in [0.25, 0.3) is 0 Å². The molecule has 1 aliphatic rings. The first-order chi connectivity index (χ1) is 15.9. The van der Waals surface area contributed by atoms with Gasteiger partial charge in [0.25, 0.3) is 5.91 Å². The molecule has 33 heavy (non-hydrogen) atoms. The average molecular weight is 530 g/mol. The van der Waals surface area contributed by atoms with Gasteiger partial charge >= 0.3 is 0 Å². The van der Waals surface area contributed by atoms with Crippen LogP contribution in [0.5, 0.6) is 11.5 Å². The highest BCUT2D eigenvalue weighted by Crippen LogP contribution is 2.32. The average Bonchev–Trinajstić information content (AvgIpc) is 3.28. The van der Waals surface area contributed by atoms with Crippen molar-refractivity contribution in [2.75, 3.05) is 13.3 Å². The van der Waals surface area contributed by atoms with Gasteiger partial charge in [0, 0.05) is 11.0 Å². The monoisotopic (exact) mass is 529 g/mol. The third kappa shape index (κ3) is 5.78. The fraction of sp³-hybridized carbons (Fsp3) is 0.130. The predicted octanol–water partition coefficient (Wildman–Crippen LogP) is 3.52. The molecule has 8 nitrogen and oxygen atoms in total. The number of carbonyl (C=O) groups is 1. The van der Waals surface area contributed by atoms with E-state index in [-0.39, 0.29) is 18.2 Å². The molecule has 1 N–H and O–H groups in total. The van der Waals surface area contributed by atoms with Crippen LogP contribution >= 0.6 is 15.9 Å². The molecule has 1 amide bonds. The highest BCUT2D eigenvalue weighted by Gasteiger charge is 2.26. The number of carbonyl (C=O) groups excluding carboxylic acids is 1. The summed E-state index contributed by atoms with van der Waals surface area (Å²) in [6.45, 7) is -0.202. The van der Waals surface area contributed by atoms with E-state index < -0.39 is 22.5 Å². The largest absolute Gasteiger partial charge is 0.454 e. The quantitative estimate of drug-likeness (QED) is 0.355. The van der Waals surface area contributed by atoms with Gasteiger partial charge in [-0.3, -0.25) is 4.79 Å². The van der Waals surface area contributed by atoms with Gasteiger partial charge < -0.3 is 9.47 Å². The molecule has 0 bridgehead atoms. The van der Waals surface area contributed by atoms with E-state index in [1.807, 2.05) is 12.1 Å². The minimum atomic E-state index is -3.91. The van der Waals surface area contributed by atoms with Crippen molar-refractivity contribution in [3.05, 3.63) is 88.4 Å². The zero-order valence-electron chi connectivity index (χ0n) is 17.3. The van der Waals surface area contributed by atoms with Crippen molar-refractivity contribution < 1.29 is 22.7 Å². The molecule has 1 heterocycles. The maximum atomic E-state index is 13.2. The summed E-state index contributed by atoms with van der Waals surface area (Å²) in [6.07, 6.45) is 1.45. The third-order valence-electron chi connectivity index (χ3n) is 4.77. The molecule has 0 fully saturated rings. The Morgan fingerprint density at radius 2 is 1.76 bits per heavy atom. The molecular weight excluding hydrogens is 510 g/mol. The Labute approximate surface area is 200 Å². The highest BCUT2D eigenvalue weighted by atomic mass is 79.9. The Kier molecular flexibility index (Phi) is 7.07. The molecule has 0 spiro atoms. The minimum absolute atomic E-state index is 0.0316. The Balaban J connectivity index is 1.48. The number of amides is 1. The lowest BCUT2D eigenvalue weighted by atomic mass is 10.2. The first-order valence-corrected chi connectivity index (χ1v) is 12.2. The Bertz CT molecular complexity index is 1270. The normalized spacial score (nSPS) is 12.9. The predicted molar refractivity (Wildman–Crippen MR) is 126 cm³/mol. The smallest absolute Gasteiger partial charge is 0.255 e. The van der Waals surface area contributed by atoms with Crippen LogP contribution in [0.3, 0.4) is 0 Å². The van der Waals surface area contributed by atoms with Crippen molar-refractivity contribution in [2.24, 2.45) is 5.10 Å². The van der Waals surface area contributed by atoms with Crippen molar-refractivity contribution in [1.82, 2.24) is 9.73 Å². The van der Waals surface area contributed by atoms with Gasteiger partial charge in [-0.15, -0.1) is 0 Å². The number of benzene rings is 3. The number of nitrogens with one attached hydrogen (secondary N) is 1. The van der Waals surface area contributed by atoms with Crippen molar-refractivity contribution in [3.63, 3.8) is 0 Å². The van der Waals surface area contributed by atoms with Crippen LogP contribution < -0.4 is 14.9 Å². The summed E-state index contributed by atoms with van der Waals surface area (Å²) in [5, 5.41) is 3.94. The van der Waals surface area contributed by atoms with Crippen molar-refractivity contribution in [1.29, 1.82) is 0 Å². The number of halogens is 1. The fourth-order valence-electron chi connectivity index (χ4n) is 3.13. The van der Waals surface area contributed by atoms with Gasteiger partial charge in [-0.2, -0.15) is 9.41 Å². The zero-order chi connectivity index (χ0) is 23.3. The highest BCUT2D eigenvalue weighted by molar-refractivity contribution is 9.10. The number of sulfonamides is 1. The van der Waals surface area contributed by atoms with Gasteiger partial charge in [0.15, 0.2) is 11.5 Å². The molecular formula is C23H20BrN3O5S. The molecule has 0 saturated heterocycles. The number of nitrogens with zero attached hydrogens (tertiary/aromatic N) is 2. The number of hydrogen-bond donors (Lipinski definition) is 1. The summed E-state index contributed by atoms with van der Waals surface area (Å²) in [5.74, 6) is 0.675. The van der Waals surface area contributed by atoms with Crippen LogP contribution in [0.2, 0.25) is 0 Å². The molecule has 0 aliphatic carbocycles. The number of ether oxygens (including phenoxy) is 2. The lowest BCUT2D eigenvalue weighted by molar-refractivity contribution is -0.121. The van der Waals surface area contributed by atoms with Gasteiger partial charge in [-0.05, 0) is 53.6 Å². The van der Waals surface area contributed by atoms with E-state index in [1.54, 1.807) is 48.5 Å². The van der Waals surface area contributed by atoms with E-state index in [9.17, 15) is 13.2 Å². The summed E-state index contributed by atoms with van der Waals surface area (Å²) < 4.78 is 39.0. The topological polar surface area (TPSA) is 97.3 Å². The molecule has 3 aromatic carbocycles. The van der Waals surface area contributed by atoms with E-state index >= 15 is 0 Å². The summed E-state index contributed by atoms with van der Waals surface area (Å²) in [5.41, 5.74) is 3.83. The SMILES string of the molecule is O=C(CN(Cc1ccc(Br)cc1)S(=O)(=O)c1ccccc1)N/N=C\c1ccc2c(c1)OCO2. The van der Waals surface area contributed by atoms with Gasteiger partial charge in [-0.1, -0.05) is 46.3 Å². The molecule has 170 valence electrons. The molecule has 0 aromatic heterocycles. The molecule has 1 aliphatic heterocycles. The molecule has 0 atom stereocenters. The van der Waals surface area contributed by atoms with Crippen LogP contribution in [0.15, 0.2) is 87.3 Å². The van der Waals surface area contributed by atoms with Crippen LogP contribution in [0, 0.1) is 0 Å². The maximum absolute atomic E-state index is 13.2. The molecule has 3 aromatic rings. The Morgan fingerprint density at radius 1 is 1.03 bits per heavy atom. The van der Waals surface area contributed by atoms with Gasteiger partial charge in [0.2, 0.25) is 16.8 Å². The van der Waals surface area contributed by atoms with E-state index in [2.05, 4.69) is 26.5 Å². The Hall–Kier alpha value is -3.21. The second-order valence-electron chi connectivity index (χ2n) is 7.12. The standard InChI is InChI=1S/C23H20BrN3O5S/c24-19-9-6-17(7-10-19)14-27(33(29,30)20-4-2-1-3-5-20)15-23(28)26-25-13-18-8-11-21-22(12-18)32-16-31-21/h1-13H,14-16H2,(H,26,28)/b25-13-. The van der Waals surface area contributed by atoms with Crippen LogP contribution in [-0.4, -0.2) is 38.2 Å². The number of fused-ring (bicyclic) bond motifs is 1. The molecule has 10 heteroatoms. The first kappa shape index (κ1) is 23.0. The second-order valence-corrected chi connectivity index (χ2v) is 9.97. The Morgan fingerprint density at radius 3 is 2.52 bits per heavy atom. The summed E-state index contributed by atoms with van der Waals surface area (Å²) >= 11 is 3.37. The van der Waals surface area contributed by atoms with E-state index in [0.29, 0.717) is 17.1 Å². The van der Waals surface area contributed by atoms with Crippen LogP contribution in [0.1, 0.15) is 11.1 Å². The zero-order valence-corrected chi connectivity index (χ0v) is 19.8. The van der Waals surface area contributed by atoms with Gasteiger partial charge in [0.05, 0.1) is 17.7 Å². The summed E-state index contributed by atoms with van der Waals surface area (Å²) in [4.78, 5) is 12.7. The summed E-state index contributed by atoms with van der Waals surface area (Å²) in [6, 6.07) is 20.5. The van der Waals surface area contributed by atoms with E-state index in [4.69, 9.17) is 9.47 Å². The fourth-order valence-corrected chi connectivity index (χ4v) is 4.80. The second kappa shape index (κ2) is 10.2. The van der Waals surface area contributed by atoms with Crippen LogP contribution in [-0.2, 0) is 21.4 Å². The first-order valence-electron chi connectivity index (χ1n) is 9.93. The third-order valence-corrected chi connectivity index (χ3v) is 7.11. The molecule has 4 rings (SSSR count). The summed E-state index contributed by atoms with van der Waals surface area (Å²) in [7, 11) is -3.91. The number of rotatable bonds is 8. The minimum Gasteiger partial charge on any atom is -0.454 e. The van der Waals surface area contributed by atoms with Gasteiger partial charge in [0.1, 0.15) is 0 Å². The van der Waals surface area contributed by atoms with Crippen LogP contribution in [0.4, 0.5) is 0 Å². The van der Waals surface area contributed by atoms with Crippen molar-refractivity contribution in [2.45, 2.75) is 11.4 Å². The molecule has 0 unspecified atom stereocenters. The van der Waals surface area contributed by atoms with Crippen molar-refractivity contribution >= 4 is 38.1 Å². The van der Waals surface area contributed by atoms with E-state index in [0.717, 1.165) is 14.3 Å². The maximum Gasteiger partial charge on any atom is 0.255 e. The molecule has 0 saturated carbocycles. The lowest BCUT2D eigenvalue weighted by Gasteiger charge is -2.21. The van der Waals surface area contributed by atoms with Crippen molar-refractivity contribution in [3.8, 4) is 11.5 Å². The van der Waals surface area contributed by atoms with Gasteiger partial charge in [-0.25, -0.2) is 13.8 Å². The lowest BCUT2D eigenvalue weighted by Crippen LogP contribution is -2.39. The van der Waals surface area contributed by atoms with E-state index in [1.165, 1.54) is 18.3 Å². The molecule has 0 radical (unpaired) electrons. The number of hydrazone groups is 1.